The van der Waals surface area contributed by atoms with E-state index >= 15 is 0 Å². The molecular weight excluding hydrogens is 248 g/mol. The number of rotatable bonds is 2. The van der Waals surface area contributed by atoms with Gasteiger partial charge in [-0.15, -0.1) is 0 Å². The smallest absolute Gasteiger partial charge is 0.128 e. The van der Waals surface area contributed by atoms with Crippen LogP contribution < -0.4 is 10.2 Å². The van der Waals surface area contributed by atoms with Crippen LogP contribution in [0.2, 0.25) is 0 Å². The molecule has 0 radical (unpaired) electrons. The van der Waals surface area contributed by atoms with Crippen molar-refractivity contribution in [1.82, 2.24) is 15.2 Å². The van der Waals surface area contributed by atoms with E-state index in [0.717, 1.165) is 32.0 Å². The van der Waals surface area contributed by atoms with Crippen LogP contribution in [-0.4, -0.2) is 42.2 Å². The third-order valence-electron chi connectivity index (χ3n) is 3.95. The summed E-state index contributed by atoms with van der Waals surface area (Å²) in [5, 5.41) is 3.44. The minimum Gasteiger partial charge on any atom is -0.372 e. The van der Waals surface area contributed by atoms with Crippen LogP contribution in [0.5, 0.6) is 0 Å². The van der Waals surface area contributed by atoms with E-state index in [-0.39, 0.29) is 0 Å². The highest BCUT2D eigenvalue weighted by Crippen LogP contribution is 2.16. The van der Waals surface area contributed by atoms with Crippen molar-refractivity contribution < 1.29 is 0 Å². The Bertz CT molecular complexity index is 510. The Kier molecular flexibility index (Phi) is 3.74. The molecule has 1 aromatic heterocycles. The summed E-state index contributed by atoms with van der Waals surface area (Å²) in [5.41, 5.74) is 2.50. The number of anilines is 1. The summed E-state index contributed by atoms with van der Waals surface area (Å²) in [7, 11) is 0. The zero-order chi connectivity index (χ0) is 13.9. The molecule has 0 aromatic carbocycles. The number of piperazine rings is 1. The van der Waals surface area contributed by atoms with Crippen molar-refractivity contribution in [1.29, 1.82) is 0 Å². The van der Waals surface area contributed by atoms with Gasteiger partial charge in [-0.25, -0.2) is 4.98 Å². The van der Waals surface area contributed by atoms with Gasteiger partial charge < -0.3 is 10.2 Å². The minimum atomic E-state index is 0.340. The van der Waals surface area contributed by atoms with Gasteiger partial charge in [-0.3, -0.25) is 4.90 Å². The highest BCUT2D eigenvalue weighted by atomic mass is 15.3. The second kappa shape index (κ2) is 5.67. The SMILES string of the molecule is CC1=CNC(N2CCN(c3ccc(C)cn3)CC2)C=C1. The van der Waals surface area contributed by atoms with Crippen molar-refractivity contribution in [3.8, 4) is 0 Å². The molecule has 1 N–H and O–H groups in total. The number of nitrogens with one attached hydrogen (secondary N) is 1. The maximum Gasteiger partial charge on any atom is 0.128 e. The molecule has 4 nitrogen and oxygen atoms in total. The van der Waals surface area contributed by atoms with Crippen LogP contribution in [0.1, 0.15) is 12.5 Å². The van der Waals surface area contributed by atoms with E-state index in [9.17, 15) is 0 Å². The lowest BCUT2D eigenvalue weighted by Crippen LogP contribution is -2.53. The van der Waals surface area contributed by atoms with Crippen LogP contribution in [0.4, 0.5) is 5.82 Å². The molecule has 0 saturated carbocycles. The molecule has 3 rings (SSSR count). The third-order valence-corrected chi connectivity index (χ3v) is 3.95. The Hall–Kier alpha value is -1.81. The summed E-state index contributed by atoms with van der Waals surface area (Å²) in [4.78, 5) is 9.36. The van der Waals surface area contributed by atoms with Crippen LogP contribution in [0.3, 0.4) is 0 Å². The van der Waals surface area contributed by atoms with E-state index in [1.54, 1.807) is 0 Å². The monoisotopic (exact) mass is 270 g/mol. The highest BCUT2D eigenvalue weighted by Gasteiger charge is 2.23. The molecule has 2 aliphatic rings. The number of allylic oxidation sites excluding steroid dienone is 2. The van der Waals surface area contributed by atoms with Crippen molar-refractivity contribution >= 4 is 5.82 Å². The quantitative estimate of drug-likeness (QED) is 0.889. The van der Waals surface area contributed by atoms with Gasteiger partial charge in [-0.05, 0) is 37.1 Å². The first-order valence-corrected chi connectivity index (χ1v) is 7.25. The standard InChI is InChI=1S/C16H22N4/c1-13-3-5-15(17-11-13)19-7-9-20(10-8-19)16-6-4-14(2)12-18-16/h3-6,11-12,15,17H,7-10H2,1-2H3. The van der Waals surface area contributed by atoms with Gasteiger partial charge in [0.25, 0.3) is 0 Å². The van der Waals surface area contributed by atoms with Crippen LogP contribution >= 0.6 is 0 Å². The topological polar surface area (TPSA) is 31.4 Å². The first-order valence-electron chi connectivity index (χ1n) is 7.25. The first kappa shape index (κ1) is 13.2. The van der Waals surface area contributed by atoms with Crippen LogP contribution in [0, 0.1) is 6.92 Å². The van der Waals surface area contributed by atoms with Crippen LogP contribution in [0.25, 0.3) is 0 Å². The third kappa shape index (κ3) is 2.85. The van der Waals surface area contributed by atoms with Gasteiger partial charge >= 0.3 is 0 Å². The summed E-state index contributed by atoms with van der Waals surface area (Å²) in [5.74, 6) is 1.10. The summed E-state index contributed by atoms with van der Waals surface area (Å²) in [6.45, 7) is 8.37. The van der Waals surface area contributed by atoms with Crippen molar-refractivity contribution in [2.24, 2.45) is 0 Å². The number of aryl methyl sites for hydroxylation is 1. The molecule has 1 atom stereocenters. The predicted molar refractivity (Wildman–Crippen MR) is 82.6 cm³/mol. The summed E-state index contributed by atoms with van der Waals surface area (Å²) < 4.78 is 0. The number of dihydropyridines is 1. The molecule has 2 aliphatic heterocycles. The zero-order valence-electron chi connectivity index (χ0n) is 12.2. The summed E-state index contributed by atoms with van der Waals surface area (Å²) in [6.07, 6.45) is 8.82. The highest BCUT2D eigenvalue weighted by molar-refractivity contribution is 5.39. The normalized spacial score (nSPS) is 23.4. The minimum absolute atomic E-state index is 0.340. The van der Waals surface area contributed by atoms with E-state index in [2.05, 4.69) is 64.4 Å². The Morgan fingerprint density at radius 3 is 2.55 bits per heavy atom. The molecular formula is C16H22N4. The predicted octanol–water partition coefficient (Wildman–Crippen LogP) is 1.90. The Labute approximate surface area is 120 Å². The average Bonchev–Trinajstić information content (AvgIpc) is 2.49. The molecule has 0 bridgehead atoms. The van der Waals surface area contributed by atoms with Crippen molar-refractivity contribution in [3.05, 3.63) is 47.8 Å². The van der Waals surface area contributed by atoms with Crippen LogP contribution in [0.15, 0.2) is 42.3 Å². The number of hydrogen-bond donors (Lipinski definition) is 1. The van der Waals surface area contributed by atoms with E-state index in [0.29, 0.717) is 6.17 Å². The van der Waals surface area contributed by atoms with Gasteiger partial charge in [0.1, 0.15) is 5.82 Å². The lowest BCUT2D eigenvalue weighted by atomic mass is 10.2. The van der Waals surface area contributed by atoms with Crippen LogP contribution in [-0.2, 0) is 0 Å². The molecule has 106 valence electrons. The maximum absolute atomic E-state index is 4.52. The average molecular weight is 270 g/mol. The Balaban J connectivity index is 1.57. The molecule has 0 amide bonds. The fourth-order valence-electron chi connectivity index (χ4n) is 2.67. The van der Waals surface area contributed by atoms with Gasteiger partial charge in [-0.2, -0.15) is 0 Å². The number of pyridine rings is 1. The lowest BCUT2D eigenvalue weighted by molar-refractivity contribution is 0.199. The van der Waals surface area contributed by atoms with Crippen molar-refractivity contribution in [2.45, 2.75) is 20.0 Å². The van der Waals surface area contributed by atoms with E-state index in [4.69, 9.17) is 0 Å². The largest absolute Gasteiger partial charge is 0.372 e. The number of hydrogen-bond acceptors (Lipinski definition) is 4. The van der Waals surface area contributed by atoms with E-state index in [1.807, 2.05) is 6.20 Å². The fraction of sp³-hybridized carbons (Fsp3) is 0.438. The second-order valence-electron chi connectivity index (χ2n) is 5.58. The van der Waals surface area contributed by atoms with Gasteiger partial charge in [0.2, 0.25) is 0 Å². The first-order chi connectivity index (χ1) is 9.72. The molecule has 3 heterocycles. The molecule has 0 spiro atoms. The molecule has 1 saturated heterocycles. The molecule has 1 aromatic rings. The van der Waals surface area contributed by atoms with E-state index < -0.39 is 0 Å². The van der Waals surface area contributed by atoms with Gasteiger partial charge in [-0.1, -0.05) is 12.1 Å². The lowest BCUT2D eigenvalue weighted by Gasteiger charge is -2.39. The fourth-order valence-corrected chi connectivity index (χ4v) is 2.67. The van der Waals surface area contributed by atoms with Gasteiger partial charge in [0, 0.05) is 38.6 Å². The second-order valence-corrected chi connectivity index (χ2v) is 5.58. The van der Waals surface area contributed by atoms with Crippen molar-refractivity contribution in [2.75, 3.05) is 31.1 Å². The number of aromatic nitrogens is 1. The van der Waals surface area contributed by atoms with Gasteiger partial charge in [0.05, 0.1) is 6.17 Å². The number of nitrogens with zero attached hydrogens (tertiary/aromatic N) is 3. The van der Waals surface area contributed by atoms with Gasteiger partial charge in [0.15, 0.2) is 0 Å². The molecule has 1 fully saturated rings. The Morgan fingerprint density at radius 1 is 1.15 bits per heavy atom. The molecule has 0 aliphatic carbocycles. The molecule has 1 unspecified atom stereocenters. The summed E-state index contributed by atoms with van der Waals surface area (Å²) in [6, 6.07) is 4.25. The summed E-state index contributed by atoms with van der Waals surface area (Å²) >= 11 is 0. The van der Waals surface area contributed by atoms with E-state index in [1.165, 1.54) is 11.1 Å². The van der Waals surface area contributed by atoms with Crippen molar-refractivity contribution in [3.63, 3.8) is 0 Å². The molecule has 4 heteroatoms. The maximum atomic E-state index is 4.52. The molecule has 20 heavy (non-hydrogen) atoms. The zero-order valence-corrected chi connectivity index (χ0v) is 12.2. The Morgan fingerprint density at radius 2 is 1.95 bits per heavy atom.